The van der Waals surface area contributed by atoms with Crippen molar-refractivity contribution in [3.05, 3.63) is 83.2 Å². The van der Waals surface area contributed by atoms with Crippen molar-refractivity contribution in [3.8, 4) is 11.3 Å². The lowest BCUT2D eigenvalue weighted by molar-refractivity contribution is -0.116. The zero-order valence-corrected chi connectivity index (χ0v) is 13.8. The molecular formula is C20H19N3O2. The molecule has 25 heavy (non-hydrogen) atoms. The molecule has 1 amide bonds. The molecule has 2 aromatic carbocycles. The molecule has 0 atom stereocenters. The van der Waals surface area contributed by atoms with E-state index in [1.807, 2.05) is 60.7 Å². The Balaban J connectivity index is 1.59. The molecule has 0 bridgehead atoms. The van der Waals surface area contributed by atoms with Crippen molar-refractivity contribution in [2.45, 2.75) is 19.4 Å². The summed E-state index contributed by atoms with van der Waals surface area (Å²) in [5.74, 6) is -0.0709. The molecule has 0 saturated heterocycles. The van der Waals surface area contributed by atoms with Gasteiger partial charge >= 0.3 is 0 Å². The van der Waals surface area contributed by atoms with Gasteiger partial charge in [0.15, 0.2) is 0 Å². The van der Waals surface area contributed by atoms with Gasteiger partial charge in [0.1, 0.15) is 0 Å². The summed E-state index contributed by atoms with van der Waals surface area (Å²) in [4.78, 5) is 23.9. The summed E-state index contributed by atoms with van der Waals surface area (Å²) >= 11 is 0. The van der Waals surface area contributed by atoms with Crippen LogP contribution in [0.25, 0.3) is 11.3 Å². The van der Waals surface area contributed by atoms with Gasteiger partial charge in [-0.25, -0.2) is 4.68 Å². The number of amides is 1. The SMILES string of the molecule is O=C(CCCn1nc(-c2ccccc2)ccc1=O)Nc1ccccc1. The van der Waals surface area contributed by atoms with Crippen LogP contribution in [0.4, 0.5) is 5.69 Å². The summed E-state index contributed by atoms with van der Waals surface area (Å²) in [6, 6.07) is 22.2. The smallest absolute Gasteiger partial charge is 0.266 e. The fourth-order valence-corrected chi connectivity index (χ4v) is 2.51. The van der Waals surface area contributed by atoms with E-state index in [1.54, 1.807) is 6.07 Å². The summed E-state index contributed by atoms with van der Waals surface area (Å²) in [5, 5.41) is 7.23. The van der Waals surface area contributed by atoms with Crippen molar-refractivity contribution in [2.75, 3.05) is 5.32 Å². The Morgan fingerprint density at radius 3 is 2.32 bits per heavy atom. The van der Waals surface area contributed by atoms with E-state index in [2.05, 4.69) is 10.4 Å². The van der Waals surface area contributed by atoms with Crippen LogP contribution in [0.5, 0.6) is 0 Å². The highest BCUT2D eigenvalue weighted by molar-refractivity contribution is 5.90. The topological polar surface area (TPSA) is 64.0 Å². The summed E-state index contributed by atoms with van der Waals surface area (Å²) in [6.07, 6.45) is 0.877. The lowest BCUT2D eigenvalue weighted by atomic mass is 10.1. The molecule has 5 nitrogen and oxygen atoms in total. The Labute approximate surface area is 145 Å². The van der Waals surface area contributed by atoms with Crippen LogP contribution in [0.3, 0.4) is 0 Å². The minimum Gasteiger partial charge on any atom is -0.326 e. The first kappa shape index (κ1) is 16.6. The molecule has 3 rings (SSSR count). The van der Waals surface area contributed by atoms with Gasteiger partial charge in [0, 0.05) is 30.3 Å². The second-order valence-electron chi connectivity index (χ2n) is 5.66. The molecule has 1 aromatic heterocycles. The van der Waals surface area contributed by atoms with Crippen molar-refractivity contribution >= 4 is 11.6 Å². The number of carbonyl (C=O) groups excluding carboxylic acids is 1. The molecule has 5 heteroatoms. The van der Waals surface area contributed by atoms with Crippen molar-refractivity contribution in [3.63, 3.8) is 0 Å². The third kappa shape index (κ3) is 4.64. The Bertz CT molecular complexity index is 890. The molecular weight excluding hydrogens is 314 g/mol. The predicted octanol–water partition coefficient (Wildman–Crippen LogP) is 3.33. The second kappa shape index (κ2) is 8.06. The number of nitrogens with zero attached hydrogens (tertiary/aromatic N) is 2. The van der Waals surface area contributed by atoms with Crippen LogP contribution >= 0.6 is 0 Å². The first-order valence-electron chi connectivity index (χ1n) is 8.21. The minimum absolute atomic E-state index is 0.0709. The molecule has 0 aliphatic heterocycles. The van der Waals surface area contributed by atoms with Gasteiger partial charge in [-0.15, -0.1) is 0 Å². The Morgan fingerprint density at radius 2 is 1.60 bits per heavy atom. The van der Waals surface area contributed by atoms with Gasteiger partial charge in [-0.1, -0.05) is 48.5 Å². The van der Waals surface area contributed by atoms with Crippen LogP contribution in [0.2, 0.25) is 0 Å². The Kier molecular flexibility index (Phi) is 5.36. The highest BCUT2D eigenvalue weighted by Gasteiger charge is 2.05. The maximum atomic E-state index is 12.0. The van der Waals surface area contributed by atoms with Crippen molar-refractivity contribution < 1.29 is 4.79 Å². The van der Waals surface area contributed by atoms with Crippen LogP contribution in [0, 0.1) is 0 Å². The van der Waals surface area contributed by atoms with E-state index >= 15 is 0 Å². The first-order chi connectivity index (χ1) is 12.2. The van der Waals surface area contributed by atoms with E-state index in [0.29, 0.717) is 19.4 Å². The number of hydrogen-bond acceptors (Lipinski definition) is 3. The van der Waals surface area contributed by atoms with Crippen LogP contribution in [0.1, 0.15) is 12.8 Å². The molecule has 0 spiro atoms. The van der Waals surface area contributed by atoms with Gasteiger partial charge < -0.3 is 5.32 Å². The Morgan fingerprint density at radius 1 is 0.920 bits per heavy atom. The quantitative estimate of drug-likeness (QED) is 0.752. The van der Waals surface area contributed by atoms with Crippen LogP contribution in [-0.4, -0.2) is 15.7 Å². The lowest BCUT2D eigenvalue weighted by Gasteiger charge is -2.08. The highest BCUT2D eigenvalue weighted by Crippen LogP contribution is 2.14. The summed E-state index contributed by atoms with van der Waals surface area (Å²) in [7, 11) is 0. The van der Waals surface area contributed by atoms with Crippen molar-refractivity contribution in [2.24, 2.45) is 0 Å². The van der Waals surface area contributed by atoms with E-state index in [0.717, 1.165) is 16.9 Å². The largest absolute Gasteiger partial charge is 0.326 e. The minimum atomic E-state index is -0.164. The standard InChI is InChI=1S/C20H19N3O2/c24-19(21-17-10-5-2-6-11-17)12-7-15-23-20(25)14-13-18(22-23)16-8-3-1-4-9-16/h1-6,8-11,13-14H,7,12,15H2,(H,21,24). The second-order valence-corrected chi connectivity index (χ2v) is 5.66. The predicted molar refractivity (Wildman–Crippen MR) is 98.2 cm³/mol. The van der Waals surface area contributed by atoms with Crippen LogP contribution in [0.15, 0.2) is 77.6 Å². The van der Waals surface area contributed by atoms with Gasteiger partial charge in [-0.05, 0) is 24.6 Å². The molecule has 1 heterocycles. The summed E-state index contributed by atoms with van der Waals surface area (Å²) < 4.78 is 1.41. The number of nitrogens with one attached hydrogen (secondary N) is 1. The van der Waals surface area contributed by atoms with Crippen LogP contribution < -0.4 is 10.9 Å². The van der Waals surface area contributed by atoms with E-state index in [9.17, 15) is 9.59 Å². The van der Waals surface area contributed by atoms with Gasteiger partial charge in [-0.3, -0.25) is 9.59 Å². The number of rotatable bonds is 6. The number of para-hydroxylation sites is 1. The first-order valence-corrected chi connectivity index (χ1v) is 8.21. The summed E-state index contributed by atoms with van der Waals surface area (Å²) in [5.41, 5.74) is 2.31. The molecule has 1 N–H and O–H groups in total. The third-order valence-electron chi connectivity index (χ3n) is 3.77. The van der Waals surface area contributed by atoms with Crippen LogP contribution in [-0.2, 0) is 11.3 Å². The normalized spacial score (nSPS) is 10.4. The maximum Gasteiger partial charge on any atom is 0.266 e. The van der Waals surface area contributed by atoms with Crippen molar-refractivity contribution in [1.29, 1.82) is 0 Å². The van der Waals surface area contributed by atoms with E-state index in [1.165, 1.54) is 10.7 Å². The molecule has 0 saturated carbocycles. The molecule has 3 aromatic rings. The average molecular weight is 333 g/mol. The van der Waals surface area contributed by atoms with Gasteiger partial charge in [0.05, 0.1) is 5.69 Å². The molecule has 0 radical (unpaired) electrons. The third-order valence-corrected chi connectivity index (χ3v) is 3.77. The van der Waals surface area contributed by atoms with Crippen molar-refractivity contribution in [1.82, 2.24) is 9.78 Å². The van der Waals surface area contributed by atoms with Gasteiger partial charge in [0.2, 0.25) is 5.91 Å². The van der Waals surface area contributed by atoms with E-state index in [-0.39, 0.29) is 11.5 Å². The molecule has 0 fully saturated rings. The number of carbonyl (C=O) groups is 1. The molecule has 126 valence electrons. The monoisotopic (exact) mass is 333 g/mol. The molecule has 0 aliphatic carbocycles. The molecule has 0 unspecified atom stereocenters. The van der Waals surface area contributed by atoms with Gasteiger partial charge in [-0.2, -0.15) is 5.10 Å². The zero-order chi connectivity index (χ0) is 17.5. The highest BCUT2D eigenvalue weighted by atomic mass is 16.1. The average Bonchev–Trinajstić information content (AvgIpc) is 2.65. The van der Waals surface area contributed by atoms with E-state index in [4.69, 9.17) is 0 Å². The zero-order valence-electron chi connectivity index (χ0n) is 13.8. The molecule has 0 aliphatic rings. The van der Waals surface area contributed by atoms with E-state index < -0.39 is 0 Å². The number of aromatic nitrogens is 2. The fourth-order valence-electron chi connectivity index (χ4n) is 2.51. The fraction of sp³-hybridized carbons (Fsp3) is 0.150. The lowest BCUT2D eigenvalue weighted by Crippen LogP contribution is -2.23. The maximum absolute atomic E-state index is 12.0. The number of benzene rings is 2. The number of aryl methyl sites for hydroxylation is 1. The number of anilines is 1. The Hall–Kier alpha value is -3.21. The van der Waals surface area contributed by atoms with Gasteiger partial charge in [0.25, 0.3) is 5.56 Å². The number of hydrogen-bond donors (Lipinski definition) is 1. The summed E-state index contributed by atoms with van der Waals surface area (Å²) in [6.45, 7) is 0.404.